The molecule has 3 heterocycles. The van der Waals surface area contributed by atoms with E-state index in [0.29, 0.717) is 32.5 Å². The molecule has 1 aromatic rings. The van der Waals surface area contributed by atoms with Crippen molar-refractivity contribution in [1.82, 2.24) is 25.0 Å². The first-order valence-corrected chi connectivity index (χ1v) is 8.15. The molecule has 0 aliphatic carbocycles. The third-order valence-corrected chi connectivity index (χ3v) is 4.61. The van der Waals surface area contributed by atoms with Crippen LogP contribution in [0.1, 0.15) is 44.3 Å². The summed E-state index contributed by atoms with van der Waals surface area (Å²) in [6.07, 6.45) is 4.37. The molecule has 1 saturated heterocycles. The van der Waals surface area contributed by atoms with Crippen molar-refractivity contribution in [2.45, 2.75) is 52.1 Å². The molecule has 0 spiro atoms. The highest BCUT2D eigenvalue weighted by atomic mass is 16.2. The number of hydrogen-bond acceptors (Lipinski definition) is 4. The van der Waals surface area contributed by atoms with Gasteiger partial charge in [0.2, 0.25) is 11.8 Å². The first-order chi connectivity index (χ1) is 10.7. The summed E-state index contributed by atoms with van der Waals surface area (Å²) in [5.74, 6) is 1.91. The number of aromatic nitrogens is 3. The minimum Gasteiger partial charge on any atom is -0.348 e. The van der Waals surface area contributed by atoms with Crippen LogP contribution in [0.15, 0.2) is 0 Å². The summed E-state index contributed by atoms with van der Waals surface area (Å²) in [5.41, 5.74) is 0. The van der Waals surface area contributed by atoms with E-state index in [2.05, 4.69) is 20.1 Å². The third-order valence-electron chi connectivity index (χ3n) is 4.61. The fourth-order valence-electron chi connectivity index (χ4n) is 3.24. The predicted molar refractivity (Wildman–Crippen MR) is 79.8 cm³/mol. The van der Waals surface area contributed by atoms with E-state index in [-0.39, 0.29) is 17.7 Å². The molecule has 120 valence electrons. The van der Waals surface area contributed by atoms with Gasteiger partial charge in [-0.3, -0.25) is 9.59 Å². The maximum atomic E-state index is 12.3. The lowest BCUT2D eigenvalue weighted by molar-refractivity contribution is -0.138. The molecule has 7 heteroatoms. The van der Waals surface area contributed by atoms with Gasteiger partial charge in [0.25, 0.3) is 0 Å². The van der Waals surface area contributed by atoms with Crippen LogP contribution in [0, 0.1) is 5.92 Å². The molecular formula is C15H23N5O2. The summed E-state index contributed by atoms with van der Waals surface area (Å²) >= 11 is 0. The summed E-state index contributed by atoms with van der Waals surface area (Å²) in [7, 11) is 0. The van der Waals surface area contributed by atoms with E-state index in [0.717, 1.165) is 37.5 Å². The number of carbonyl (C=O) groups is 2. The summed E-state index contributed by atoms with van der Waals surface area (Å²) in [6, 6.07) is 0. The van der Waals surface area contributed by atoms with Crippen LogP contribution in [0.5, 0.6) is 0 Å². The Balaban J connectivity index is 1.56. The zero-order valence-corrected chi connectivity index (χ0v) is 13.0. The first-order valence-electron chi connectivity index (χ1n) is 8.15. The molecule has 22 heavy (non-hydrogen) atoms. The van der Waals surface area contributed by atoms with Gasteiger partial charge in [0.05, 0.1) is 12.5 Å². The Hall–Kier alpha value is -1.92. The standard InChI is InChI=1S/C15H23N5O2/c1-2-19-10-11(6-7-14(19)21)15(22)16-9-13-18-17-12-5-3-4-8-20(12)13/h11H,2-10H2,1H3,(H,16,22)/t11-/m1/s1. The molecule has 1 N–H and O–H groups in total. The van der Waals surface area contributed by atoms with Crippen molar-refractivity contribution in [3.63, 3.8) is 0 Å². The van der Waals surface area contributed by atoms with E-state index >= 15 is 0 Å². The monoisotopic (exact) mass is 305 g/mol. The topological polar surface area (TPSA) is 80.1 Å². The average molecular weight is 305 g/mol. The molecule has 2 amide bonds. The fraction of sp³-hybridized carbons (Fsp3) is 0.733. The van der Waals surface area contributed by atoms with Crippen LogP contribution >= 0.6 is 0 Å². The fourth-order valence-corrected chi connectivity index (χ4v) is 3.24. The minimum absolute atomic E-state index is 0.0131. The van der Waals surface area contributed by atoms with E-state index in [9.17, 15) is 9.59 Å². The molecule has 7 nitrogen and oxygen atoms in total. The molecule has 0 aromatic carbocycles. The van der Waals surface area contributed by atoms with Crippen LogP contribution in [0.4, 0.5) is 0 Å². The van der Waals surface area contributed by atoms with Gasteiger partial charge in [0.15, 0.2) is 5.82 Å². The van der Waals surface area contributed by atoms with Crippen LogP contribution in [-0.2, 0) is 29.1 Å². The van der Waals surface area contributed by atoms with Crippen molar-refractivity contribution in [3.8, 4) is 0 Å². The maximum absolute atomic E-state index is 12.3. The van der Waals surface area contributed by atoms with Crippen molar-refractivity contribution in [3.05, 3.63) is 11.6 Å². The number of likely N-dealkylation sites (tertiary alicyclic amines) is 1. The Morgan fingerprint density at radius 3 is 3.00 bits per heavy atom. The molecular weight excluding hydrogens is 282 g/mol. The van der Waals surface area contributed by atoms with Gasteiger partial charge in [0, 0.05) is 32.5 Å². The van der Waals surface area contributed by atoms with Crippen LogP contribution < -0.4 is 5.32 Å². The van der Waals surface area contributed by atoms with Crippen LogP contribution in [0.25, 0.3) is 0 Å². The third kappa shape index (κ3) is 2.98. The molecule has 3 rings (SSSR count). The van der Waals surface area contributed by atoms with Crippen LogP contribution in [-0.4, -0.2) is 44.6 Å². The first kappa shape index (κ1) is 15.0. The Morgan fingerprint density at radius 2 is 2.18 bits per heavy atom. The maximum Gasteiger partial charge on any atom is 0.225 e. The second-order valence-electron chi connectivity index (χ2n) is 6.03. The van der Waals surface area contributed by atoms with Crippen molar-refractivity contribution >= 4 is 11.8 Å². The number of fused-ring (bicyclic) bond motifs is 1. The lowest BCUT2D eigenvalue weighted by Crippen LogP contribution is -2.45. The van der Waals surface area contributed by atoms with Gasteiger partial charge in [-0.15, -0.1) is 10.2 Å². The summed E-state index contributed by atoms with van der Waals surface area (Å²) in [4.78, 5) is 25.8. The highest BCUT2D eigenvalue weighted by Crippen LogP contribution is 2.18. The van der Waals surface area contributed by atoms with Gasteiger partial charge in [-0.2, -0.15) is 0 Å². The lowest BCUT2D eigenvalue weighted by atomic mass is 9.96. The predicted octanol–water partition coefficient (Wildman–Crippen LogP) is 0.489. The quantitative estimate of drug-likeness (QED) is 0.878. The molecule has 0 unspecified atom stereocenters. The number of piperidine rings is 1. The van der Waals surface area contributed by atoms with Gasteiger partial charge < -0.3 is 14.8 Å². The number of amides is 2. The van der Waals surface area contributed by atoms with Crippen LogP contribution in [0.2, 0.25) is 0 Å². The SMILES string of the molecule is CCN1C[C@H](C(=O)NCc2nnc3n2CCCC3)CCC1=O. The molecule has 1 fully saturated rings. The van der Waals surface area contributed by atoms with E-state index < -0.39 is 0 Å². The second kappa shape index (κ2) is 6.46. The minimum atomic E-state index is -0.110. The van der Waals surface area contributed by atoms with Gasteiger partial charge >= 0.3 is 0 Å². The highest BCUT2D eigenvalue weighted by Gasteiger charge is 2.29. The van der Waals surface area contributed by atoms with E-state index in [1.165, 1.54) is 0 Å². The highest BCUT2D eigenvalue weighted by molar-refractivity contribution is 5.83. The largest absolute Gasteiger partial charge is 0.348 e. The molecule has 1 aromatic heterocycles. The average Bonchev–Trinajstić information content (AvgIpc) is 2.96. The van der Waals surface area contributed by atoms with Gasteiger partial charge in [-0.05, 0) is 26.2 Å². The van der Waals surface area contributed by atoms with Gasteiger partial charge in [-0.1, -0.05) is 0 Å². The van der Waals surface area contributed by atoms with E-state index in [4.69, 9.17) is 0 Å². The molecule has 2 aliphatic rings. The smallest absolute Gasteiger partial charge is 0.225 e. The summed E-state index contributed by atoms with van der Waals surface area (Å²) in [5, 5.41) is 11.3. The molecule has 0 saturated carbocycles. The zero-order valence-electron chi connectivity index (χ0n) is 13.0. The molecule has 0 radical (unpaired) electrons. The Morgan fingerprint density at radius 1 is 1.32 bits per heavy atom. The van der Waals surface area contributed by atoms with Crippen molar-refractivity contribution in [2.75, 3.05) is 13.1 Å². The van der Waals surface area contributed by atoms with E-state index in [1.807, 2.05) is 6.92 Å². The normalized spacial score (nSPS) is 21.6. The van der Waals surface area contributed by atoms with Gasteiger partial charge in [0.1, 0.15) is 5.82 Å². The number of nitrogens with zero attached hydrogens (tertiary/aromatic N) is 4. The summed E-state index contributed by atoms with van der Waals surface area (Å²) < 4.78 is 2.12. The second-order valence-corrected chi connectivity index (χ2v) is 6.03. The van der Waals surface area contributed by atoms with Crippen LogP contribution in [0.3, 0.4) is 0 Å². The number of rotatable bonds is 4. The number of carbonyl (C=O) groups excluding carboxylic acids is 2. The van der Waals surface area contributed by atoms with E-state index in [1.54, 1.807) is 4.90 Å². The molecule has 0 bridgehead atoms. The van der Waals surface area contributed by atoms with Crippen molar-refractivity contribution in [2.24, 2.45) is 5.92 Å². The zero-order chi connectivity index (χ0) is 15.5. The Labute approximate surface area is 130 Å². The lowest BCUT2D eigenvalue weighted by Gasteiger charge is -2.31. The number of hydrogen-bond donors (Lipinski definition) is 1. The summed E-state index contributed by atoms with van der Waals surface area (Å²) in [6.45, 7) is 4.50. The number of nitrogens with one attached hydrogen (secondary N) is 1. The van der Waals surface area contributed by atoms with Crippen molar-refractivity contribution < 1.29 is 9.59 Å². The number of aryl methyl sites for hydroxylation is 1. The van der Waals surface area contributed by atoms with Gasteiger partial charge in [-0.25, -0.2) is 0 Å². The molecule has 2 aliphatic heterocycles. The Bertz CT molecular complexity index is 568. The Kier molecular flexibility index (Phi) is 4.40. The van der Waals surface area contributed by atoms with Crippen molar-refractivity contribution in [1.29, 1.82) is 0 Å². The molecule has 1 atom stereocenters.